The molecule has 0 bridgehead atoms. The quantitative estimate of drug-likeness (QED) is 0.582. The Morgan fingerprint density at radius 3 is 2.81 bits per heavy atom. The van der Waals surface area contributed by atoms with Crippen LogP contribution in [0.2, 0.25) is 0 Å². The molecule has 3 aromatic rings. The number of pyridine rings is 1. The molecule has 1 saturated heterocycles. The van der Waals surface area contributed by atoms with Crippen molar-refractivity contribution in [3.63, 3.8) is 0 Å². The molecule has 1 aliphatic rings. The Labute approximate surface area is 184 Å². The van der Waals surface area contributed by atoms with E-state index in [0.29, 0.717) is 36.7 Å². The van der Waals surface area contributed by atoms with Crippen molar-refractivity contribution in [2.45, 2.75) is 19.4 Å². The maximum atomic E-state index is 12.8. The number of nitrogens with zero attached hydrogens (tertiary/aromatic N) is 4. The Kier molecular flexibility index (Phi) is 6.43. The second-order valence-electron chi connectivity index (χ2n) is 7.24. The van der Waals surface area contributed by atoms with Crippen LogP contribution in [-0.2, 0) is 11.2 Å². The van der Waals surface area contributed by atoms with Gasteiger partial charge in [-0.1, -0.05) is 10.6 Å². The fourth-order valence-corrected chi connectivity index (χ4v) is 4.18. The second kappa shape index (κ2) is 9.40. The van der Waals surface area contributed by atoms with Crippen molar-refractivity contribution in [3.05, 3.63) is 63.9 Å². The van der Waals surface area contributed by atoms with Crippen LogP contribution in [0, 0.1) is 6.92 Å². The van der Waals surface area contributed by atoms with Crippen LogP contribution in [0.4, 0.5) is 0 Å². The maximum absolute atomic E-state index is 12.8. The van der Waals surface area contributed by atoms with Crippen molar-refractivity contribution in [3.8, 4) is 11.5 Å². The lowest BCUT2D eigenvalue weighted by atomic mass is 10.0. The van der Waals surface area contributed by atoms with Crippen molar-refractivity contribution in [1.29, 1.82) is 0 Å². The van der Waals surface area contributed by atoms with Gasteiger partial charge in [0.05, 0.1) is 38.8 Å². The number of aromatic nitrogens is 3. The van der Waals surface area contributed by atoms with Crippen molar-refractivity contribution in [2.24, 2.45) is 0 Å². The highest BCUT2D eigenvalue weighted by molar-refractivity contribution is 7.07. The molecule has 0 unspecified atom stereocenters. The van der Waals surface area contributed by atoms with E-state index in [-0.39, 0.29) is 12.0 Å². The molecular weight excluding hydrogens is 416 g/mol. The molecule has 0 aliphatic carbocycles. The average molecular weight is 441 g/mol. The SMILES string of the molecule is COc1ccc(OC)c(Cc2ccc([C@H]3CN(C(=O)c4snnc4C)CCO3)nc2)c1. The van der Waals surface area contributed by atoms with Gasteiger partial charge in [0.1, 0.15) is 22.5 Å². The summed E-state index contributed by atoms with van der Waals surface area (Å²) in [5.74, 6) is 1.54. The van der Waals surface area contributed by atoms with Crippen LogP contribution in [0.15, 0.2) is 36.5 Å². The van der Waals surface area contributed by atoms with Crippen LogP contribution in [-0.4, -0.2) is 59.3 Å². The van der Waals surface area contributed by atoms with Crippen LogP contribution >= 0.6 is 11.5 Å². The van der Waals surface area contributed by atoms with Crippen LogP contribution in [0.1, 0.15) is 38.3 Å². The number of ether oxygens (including phenoxy) is 3. The summed E-state index contributed by atoms with van der Waals surface area (Å²) in [6, 6.07) is 9.73. The summed E-state index contributed by atoms with van der Waals surface area (Å²) in [7, 11) is 3.30. The predicted molar refractivity (Wildman–Crippen MR) is 116 cm³/mol. The van der Waals surface area contributed by atoms with E-state index in [1.165, 1.54) is 0 Å². The van der Waals surface area contributed by atoms with E-state index in [9.17, 15) is 4.79 Å². The van der Waals surface area contributed by atoms with E-state index >= 15 is 0 Å². The normalized spacial score (nSPS) is 16.2. The summed E-state index contributed by atoms with van der Waals surface area (Å²) in [5.41, 5.74) is 3.53. The number of carbonyl (C=O) groups is 1. The highest BCUT2D eigenvalue weighted by Gasteiger charge is 2.28. The Balaban J connectivity index is 1.46. The summed E-state index contributed by atoms with van der Waals surface area (Å²) in [6.07, 6.45) is 2.25. The average Bonchev–Trinajstić information content (AvgIpc) is 3.25. The topological polar surface area (TPSA) is 86.7 Å². The first-order chi connectivity index (χ1) is 15.1. The Morgan fingerprint density at radius 2 is 2.13 bits per heavy atom. The van der Waals surface area contributed by atoms with Crippen LogP contribution < -0.4 is 9.47 Å². The number of morpholine rings is 1. The first kappa shape index (κ1) is 21.2. The molecule has 0 N–H and O–H groups in total. The van der Waals surface area contributed by atoms with E-state index in [1.807, 2.05) is 36.5 Å². The van der Waals surface area contributed by atoms with Gasteiger partial charge in [-0.05, 0) is 48.3 Å². The van der Waals surface area contributed by atoms with Gasteiger partial charge in [-0.15, -0.1) is 5.10 Å². The van der Waals surface area contributed by atoms with Gasteiger partial charge in [-0.2, -0.15) is 0 Å². The van der Waals surface area contributed by atoms with Crippen molar-refractivity contribution >= 4 is 17.4 Å². The van der Waals surface area contributed by atoms with Crippen molar-refractivity contribution in [2.75, 3.05) is 33.9 Å². The fourth-order valence-electron chi connectivity index (χ4n) is 3.55. The summed E-state index contributed by atoms with van der Waals surface area (Å²) in [5, 5.41) is 3.94. The van der Waals surface area contributed by atoms with Gasteiger partial charge in [0.25, 0.3) is 5.91 Å². The molecule has 162 valence electrons. The maximum Gasteiger partial charge on any atom is 0.267 e. The van der Waals surface area contributed by atoms with E-state index in [4.69, 9.17) is 14.2 Å². The molecule has 1 atom stereocenters. The molecule has 0 spiro atoms. The number of carbonyl (C=O) groups excluding carboxylic acids is 1. The van der Waals surface area contributed by atoms with Gasteiger partial charge in [-0.25, -0.2) is 0 Å². The highest BCUT2D eigenvalue weighted by Crippen LogP contribution is 2.27. The third-order valence-corrected chi connectivity index (χ3v) is 6.07. The molecule has 9 heteroatoms. The molecule has 4 rings (SSSR count). The number of hydrogen-bond donors (Lipinski definition) is 0. The smallest absolute Gasteiger partial charge is 0.267 e. The Hall–Kier alpha value is -3.04. The molecule has 1 amide bonds. The molecule has 31 heavy (non-hydrogen) atoms. The Bertz CT molecular complexity index is 1050. The van der Waals surface area contributed by atoms with E-state index < -0.39 is 0 Å². The Morgan fingerprint density at radius 1 is 1.26 bits per heavy atom. The standard InChI is InChI=1S/C22H24N4O4S/c1-14-21(31-25-24-14)22(27)26-8-9-30-20(13-26)18-6-4-15(12-23-18)10-16-11-17(28-2)5-7-19(16)29-3/h4-7,11-12,20H,8-10,13H2,1-3H3/t20-/m1/s1. The monoisotopic (exact) mass is 440 g/mol. The van der Waals surface area contributed by atoms with Gasteiger partial charge >= 0.3 is 0 Å². The molecule has 3 heterocycles. The van der Waals surface area contributed by atoms with Crippen LogP contribution in [0.5, 0.6) is 11.5 Å². The lowest BCUT2D eigenvalue weighted by Gasteiger charge is -2.32. The van der Waals surface area contributed by atoms with Gasteiger partial charge in [0, 0.05) is 24.7 Å². The number of amides is 1. The third kappa shape index (κ3) is 4.67. The van der Waals surface area contributed by atoms with Crippen LogP contribution in [0.3, 0.4) is 0 Å². The number of methoxy groups -OCH3 is 2. The largest absolute Gasteiger partial charge is 0.497 e. The number of benzene rings is 1. The number of rotatable bonds is 6. The molecule has 1 aromatic carbocycles. The number of aryl methyl sites for hydroxylation is 1. The molecule has 1 aliphatic heterocycles. The summed E-state index contributed by atoms with van der Waals surface area (Å²) < 4.78 is 20.6. The molecule has 0 radical (unpaired) electrons. The summed E-state index contributed by atoms with van der Waals surface area (Å²) in [4.78, 5) is 19.8. The van der Waals surface area contributed by atoms with Crippen LogP contribution in [0.25, 0.3) is 0 Å². The second-order valence-corrected chi connectivity index (χ2v) is 8.00. The number of hydrogen-bond acceptors (Lipinski definition) is 8. The van der Waals surface area contributed by atoms with Crippen molar-refractivity contribution in [1.82, 2.24) is 19.5 Å². The van der Waals surface area contributed by atoms with Gasteiger partial charge < -0.3 is 19.1 Å². The van der Waals surface area contributed by atoms with E-state index in [1.54, 1.807) is 26.0 Å². The minimum absolute atomic E-state index is 0.0532. The molecule has 1 fully saturated rings. The zero-order chi connectivity index (χ0) is 21.8. The van der Waals surface area contributed by atoms with E-state index in [0.717, 1.165) is 39.9 Å². The van der Waals surface area contributed by atoms with Crippen molar-refractivity contribution < 1.29 is 19.0 Å². The van der Waals surface area contributed by atoms with E-state index in [2.05, 4.69) is 14.6 Å². The minimum atomic E-state index is -0.265. The zero-order valence-corrected chi connectivity index (χ0v) is 18.5. The zero-order valence-electron chi connectivity index (χ0n) is 17.7. The lowest BCUT2D eigenvalue weighted by Crippen LogP contribution is -2.42. The lowest BCUT2D eigenvalue weighted by molar-refractivity contribution is -0.0246. The first-order valence-corrected chi connectivity index (χ1v) is 10.7. The fraction of sp³-hybridized carbons (Fsp3) is 0.364. The van der Waals surface area contributed by atoms with Gasteiger partial charge in [-0.3, -0.25) is 9.78 Å². The van der Waals surface area contributed by atoms with Gasteiger partial charge in [0.15, 0.2) is 0 Å². The molecule has 0 saturated carbocycles. The molecule has 8 nitrogen and oxygen atoms in total. The van der Waals surface area contributed by atoms with Gasteiger partial charge in [0.2, 0.25) is 0 Å². The molecular formula is C22H24N4O4S. The predicted octanol–water partition coefficient (Wildman–Crippen LogP) is 3.06. The third-order valence-electron chi connectivity index (χ3n) is 5.26. The molecule has 2 aromatic heterocycles. The summed E-state index contributed by atoms with van der Waals surface area (Å²) >= 11 is 1.13. The first-order valence-electron chi connectivity index (χ1n) is 9.94. The minimum Gasteiger partial charge on any atom is -0.497 e. The highest BCUT2D eigenvalue weighted by atomic mass is 32.1. The summed E-state index contributed by atoms with van der Waals surface area (Å²) in [6.45, 7) is 3.25.